The molecule has 124 valence electrons. The van der Waals surface area contributed by atoms with Gasteiger partial charge in [-0.25, -0.2) is 0 Å². The van der Waals surface area contributed by atoms with E-state index in [0.29, 0.717) is 17.9 Å². The van der Waals surface area contributed by atoms with E-state index in [9.17, 15) is 4.79 Å². The first kappa shape index (κ1) is 16.0. The maximum absolute atomic E-state index is 12.4. The molecule has 0 bridgehead atoms. The summed E-state index contributed by atoms with van der Waals surface area (Å²) in [5, 5.41) is 11.5. The summed E-state index contributed by atoms with van der Waals surface area (Å²) in [5.41, 5.74) is 3.35. The van der Waals surface area contributed by atoms with E-state index in [2.05, 4.69) is 27.6 Å². The molecule has 0 saturated carbocycles. The highest BCUT2D eigenvalue weighted by Crippen LogP contribution is 2.11. The first-order valence-electron chi connectivity index (χ1n) is 8.08. The summed E-state index contributed by atoms with van der Waals surface area (Å²) in [5.74, 6) is -0.167. The molecule has 3 aromatic rings. The molecule has 1 N–H and O–H groups in total. The molecule has 2 aromatic heterocycles. The minimum atomic E-state index is -0.167. The molecule has 0 atom stereocenters. The Hall–Kier alpha value is -2.89. The van der Waals surface area contributed by atoms with Gasteiger partial charge in [0.15, 0.2) is 0 Å². The maximum Gasteiger partial charge on any atom is 0.274 e. The van der Waals surface area contributed by atoms with E-state index in [1.54, 1.807) is 16.9 Å². The van der Waals surface area contributed by atoms with Crippen molar-refractivity contribution in [1.29, 1.82) is 0 Å². The number of aryl methyl sites for hydroxylation is 4. The van der Waals surface area contributed by atoms with Gasteiger partial charge in [0.05, 0.1) is 17.6 Å². The van der Waals surface area contributed by atoms with Gasteiger partial charge in [0.2, 0.25) is 0 Å². The molecule has 0 unspecified atom stereocenters. The highest BCUT2D eigenvalue weighted by atomic mass is 16.2. The molecule has 0 radical (unpaired) electrons. The smallest absolute Gasteiger partial charge is 0.274 e. The van der Waals surface area contributed by atoms with Gasteiger partial charge >= 0.3 is 0 Å². The maximum atomic E-state index is 12.4. The average Bonchev–Trinajstić information content (AvgIpc) is 3.20. The number of aromatic nitrogens is 4. The van der Waals surface area contributed by atoms with E-state index >= 15 is 0 Å². The molecular formula is C18H21N5O. The Bertz CT molecular complexity index is 819. The third kappa shape index (κ3) is 3.71. The normalized spacial score (nSPS) is 10.8. The molecule has 0 fully saturated rings. The summed E-state index contributed by atoms with van der Waals surface area (Å²) < 4.78 is 3.54. The van der Waals surface area contributed by atoms with Crippen molar-refractivity contribution < 1.29 is 4.79 Å². The average molecular weight is 323 g/mol. The first-order chi connectivity index (χ1) is 11.7. The Kier molecular flexibility index (Phi) is 4.74. The lowest BCUT2D eigenvalue weighted by molar-refractivity contribution is 0.101. The van der Waals surface area contributed by atoms with Crippen LogP contribution in [0.2, 0.25) is 0 Å². The fraction of sp³-hybridized carbons (Fsp3) is 0.278. The highest BCUT2D eigenvalue weighted by Gasteiger charge is 2.14. The Labute approximate surface area is 141 Å². The number of anilines is 1. The van der Waals surface area contributed by atoms with Crippen LogP contribution in [0.4, 0.5) is 5.69 Å². The number of nitrogens with one attached hydrogen (secondary N) is 1. The number of carbonyl (C=O) groups excluding carboxylic acids is 1. The highest BCUT2D eigenvalue weighted by molar-refractivity contribution is 6.03. The van der Waals surface area contributed by atoms with Gasteiger partial charge in [-0.1, -0.05) is 30.3 Å². The van der Waals surface area contributed by atoms with Crippen LogP contribution in [0.3, 0.4) is 0 Å². The minimum absolute atomic E-state index is 0.167. The van der Waals surface area contributed by atoms with Crippen molar-refractivity contribution in [3.8, 4) is 0 Å². The van der Waals surface area contributed by atoms with Gasteiger partial charge in [-0.3, -0.25) is 14.2 Å². The van der Waals surface area contributed by atoms with Crippen molar-refractivity contribution in [3.05, 3.63) is 65.7 Å². The van der Waals surface area contributed by atoms with E-state index in [4.69, 9.17) is 0 Å². The molecule has 2 heterocycles. The van der Waals surface area contributed by atoms with E-state index in [-0.39, 0.29) is 5.91 Å². The van der Waals surface area contributed by atoms with Gasteiger partial charge in [-0.2, -0.15) is 10.2 Å². The van der Waals surface area contributed by atoms with Crippen molar-refractivity contribution in [2.75, 3.05) is 5.32 Å². The lowest BCUT2D eigenvalue weighted by Crippen LogP contribution is -2.17. The zero-order valence-corrected chi connectivity index (χ0v) is 13.9. The zero-order chi connectivity index (χ0) is 16.9. The molecule has 1 amide bonds. The molecule has 0 aliphatic carbocycles. The number of nitrogens with zero attached hydrogens (tertiary/aromatic N) is 4. The molecule has 0 spiro atoms. The third-order valence-electron chi connectivity index (χ3n) is 3.80. The topological polar surface area (TPSA) is 64.7 Å². The van der Waals surface area contributed by atoms with E-state index in [1.807, 2.05) is 42.9 Å². The van der Waals surface area contributed by atoms with Crippen molar-refractivity contribution in [3.63, 3.8) is 0 Å². The zero-order valence-electron chi connectivity index (χ0n) is 13.9. The first-order valence-corrected chi connectivity index (χ1v) is 8.08. The van der Waals surface area contributed by atoms with Gasteiger partial charge in [0.25, 0.3) is 5.91 Å². The van der Waals surface area contributed by atoms with Crippen LogP contribution < -0.4 is 5.32 Å². The lowest BCUT2D eigenvalue weighted by Gasteiger charge is -2.04. The van der Waals surface area contributed by atoms with Crippen molar-refractivity contribution in [2.45, 2.75) is 33.4 Å². The summed E-state index contributed by atoms with van der Waals surface area (Å²) >= 11 is 0. The fourth-order valence-corrected chi connectivity index (χ4v) is 2.60. The van der Waals surface area contributed by atoms with Gasteiger partial charge in [-0.15, -0.1) is 0 Å². The number of carbonyl (C=O) groups is 1. The van der Waals surface area contributed by atoms with Gasteiger partial charge < -0.3 is 5.32 Å². The largest absolute Gasteiger partial charge is 0.318 e. The number of rotatable bonds is 6. The number of hydrogen-bond acceptors (Lipinski definition) is 3. The van der Waals surface area contributed by atoms with E-state index in [1.165, 1.54) is 5.56 Å². The minimum Gasteiger partial charge on any atom is -0.318 e. The monoisotopic (exact) mass is 323 g/mol. The quantitative estimate of drug-likeness (QED) is 0.758. The second-order valence-corrected chi connectivity index (χ2v) is 5.67. The van der Waals surface area contributed by atoms with Crippen LogP contribution in [-0.2, 0) is 19.5 Å². The lowest BCUT2D eigenvalue weighted by atomic mass is 10.1. The van der Waals surface area contributed by atoms with Crippen molar-refractivity contribution in [2.24, 2.45) is 0 Å². The van der Waals surface area contributed by atoms with Crippen molar-refractivity contribution >= 4 is 11.6 Å². The second kappa shape index (κ2) is 7.12. The summed E-state index contributed by atoms with van der Waals surface area (Å²) in [6.45, 7) is 5.27. The van der Waals surface area contributed by atoms with Gasteiger partial charge in [-0.05, 0) is 31.9 Å². The number of amides is 1. The Morgan fingerprint density at radius 3 is 2.79 bits per heavy atom. The molecule has 0 saturated heterocycles. The predicted octanol–water partition coefficient (Wildman–Crippen LogP) is 2.90. The van der Waals surface area contributed by atoms with Crippen LogP contribution in [0.5, 0.6) is 0 Å². The van der Waals surface area contributed by atoms with Gasteiger partial charge in [0, 0.05) is 19.3 Å². The summed E-state index contributed by atoms with van der Waals surface area (Å²) in [4.78, 5) is 12.4. The Morgan fingerprint density at radius 2 is 2.04 bits per heavy atom. The number of benzene rings is 1. The molecule has 0 aliphatic heterocycles. The number of hydrogen-bond donors (Lipinski definition) is 1. The van der Waals surface area contributed by atoms with Crippen LogP contribution in [0.1, 0.15) is 28.7 Å². The summed E-state index contributed by atoms with van der Waals surface area (Å²) in [7, 11) is 0. The van der Waals surface area contributed by atoms with E-state index < -0.39 is 0 Å². The van der Waals surface area contributed by atoms with Crippen LogP contribution in [0.15, 0.2) is 48.8 Å². The van der Waals surface area contributed by atoms with Crippen molar-refractivity contribution in [1.82, 2.24) is 19.6 Å². The molecule has 1 aromatic carbocycles. The molecule has 24 heavy (non-hydrogen) atoms. The SMILES string of the molecule is CCn1nc(C)cc1C(=O)Nc1cnn(CCc2ccccc2)c1. The van der Waals surface area contributed by atoms with Crippen LogP contribution >= 0.6 is 0 Å². The predicted molar refractivity (Wildman–Crippen MR) is 93.0 cm³/mol. The standard InChI is InChI=1S/C18H21N5O/c1-3-23-17(11-14(2)21-23)18(24)20-16-12-19-22(13-16)10-9-15-7-5-4-6-8-15/h4-8,11-13H,3,9-10H2,1-2H3,(H,20,24). The molecule has 0 aliphatic rings. The second-order valence-electron chi connectivity index (χ2n) is 5.67. The Morgan fingerprint density at radius 1 is 1.25 bits per heavy atom. The molecular weight excluding hydrogens is 302 g/mol. The summed E-state index contributed by atoms with van der Waals surface area (Å²) in [6.07, 6.45) is 4.42. The van der Waals surface area contributed by atoms with Crippen LogP contribution in [0, 0.1) is 6.92 Å². The fourth-order valence-electron chi connectivity index (χ4n) is 2.60. The van der Waals surface area contributed by atoms with E-state index in [0.717, 1.165) is 18.7 Å². The molecule has 3 rings (SSSR count). The van der Waals surface area contributed by atoms with Gasteiger partial charge in [0.1, 0.15) is 5.69 Å². The molecule has 6 heteroatoms. The van der Waals surface area contributed by atoms with Crippen LogP contribution in [0.25, 0.3) is 0 Å². The molecule has 6 nitrogen and oxygen atoms in total. The van der Waals surface area contributed by atoms with Crippen LogP contribution in [-0.4, -0.2) is 25.5 Å². The summed E-state index contributed by atoms with van der Waals surface area (Å²) in [6, 6.07) is 12.1. The Balaban J connectivity index is 1.62. The third-order valence-corrected chi connectivity index (χ3v) is 3.80.